The predicted octanol–water partition coefficient (Wildman–Crippen LogP) is 1.08. The average molecular weight is 367 g/mol. The zero-order valence-electron chi connectivity index (χ0n) is 15.1. The van der Waals surface area contributed by atoms with Crippen molar-refractivity contribution < 1.29 is 23.9 Å². The smallest absolute Gasteiger partial charge is 0.343 e. The summed E-state index contributed by atoms with van der Waals surface area (Å²) in [5.74, 6) is -0.562. The summed E-state index contributed by atoms with van der Waals surface area (Å²) < 4.78 is 15.1. The molecule has 1 saturated heterocycles. The molecule has 9 heteroatoms. The van der Waals surface area contributed by atoms with Crippen molar-refractivity contribution in [1.29, 1.82) is 0 Å². The molecule has 2 atom stereocenters. The molecule has 1 heterocycles. The van der Waals surface area contributed by atoms with Crippen LogP contribution in [-0.2, 0) is 20.8 Å². The number of rotatable bonds is 8. The second kappa shape index (κ2) is 9.46. The Morgan fingerprint density at radius 3 is 2.81 bits per heavy atom. The third-order valence-electron chi connectivity index (χ3n) is 4.57. The van der Waals surface area contributed by atoms with Gasteiger partial charge in [0, 0.05) is 38.9 Å². The Kier molecular flexibility index (Phi) is 7.31. The first-order chi connectivity index (χ1) is 12.5. The molecule has 2 rings (SSSR count). The number of hydrogen-bond acceptors (Lipinski definition) is 8. The van der Waals surface area contributed by atoms with Crippen LogP contribution in [0, 0.1) is 10.1 Å². The standard InChI is InChI=1S/C17H25N3O6/c1-24-14-5-6-19(13(8-14)9-18)10-12-3-4-16(15(7-12)20(22)23)26-11-17(21)25-2/h3-4,7,13-14H,5-6,8-11,18H2,1-2H3. The zero-order chi connectivity index (χ0) is 19.1. The van der Waals surface area contributed by atoms with Crippen molar-refractivity contribution in [2.75, 3.05) is 33.9 Å². The number of likely N-dealkylation sites (tertiary alicyclic amines) is 1. The Labute approximate surface area is 152 Å². The maximum Gasteiger partial charge on any atom is 0.343 e. The third-order valence-corrected chi connectivity index (χ3v) is 4.57. The van der Waals surface area contributed by atoms with Gasteiger partial charge in [-0.1, -0.05) is 6.07 Å². The molecular weight excluding hydrogens is 342 g/mol. The Hall–Kier alpha value is -2.23. The molecule has 0 aromatic heterocycles. The van der Waals surface area contributed by atoms with Crippen LogP contribution in [0.2, 0.25) is 0 Å². The summed E-state index contributed by atoms with van der Waals surface area (Å²) in [5, 5.41) is 11.3. The molecule has 9 nitrogen and oxygen atoms in total. The Balaban J connectivity index is 2.11. The summed E-state index contributed by atoms with van der Waals surface area (Å²) in [5.41, 5.74) is 6.49. The normalized spacial score (nSPS) is 20.6. The van der Waals surface area contributed by atoms with E-state index in [1.807, 2.05) is 0 Å². The van der Waals surface area contributed by atoms with E-state index in [1.54, 1.807) is 13.2 Å². The molecule has 0 spiro atoms. The molecule has 0 radical (unpaired) electrons. The van der Waals surface area contributed by atoms with E-state index in [4.69, 9.17) is 15.2 Å². The van der Waals surface area contributed by atoms with E-state index in [-0.39, 0.29) is 30.2 Å². The molecule has 0 aliphatic carbocycles. The number of carbonyl (C=O) groups is 1. The summed E-state index contributed by atoms with van der Waals surface area (Å²) in [6.45, 7) is 1.49. The fraction of sp³-hybridized carbons (Fsp3) is 0.588. The monoisotopic (exact) mass is 367 g/mol. The summed E-state index contributed by atoms with van der Waals surface area (Å²) >= 11 is 0. The maximum absolute atomic E-state index is 11.3. The third kappa shape index (κ3) is 5.13. The Bertz CT molecular complexity index is 639. The van der Waals surface area contributed by atoms with Gasteiger partial charge in [-0.05, 0) is 24.5 Å². The highest BCUT2D eigenvalue weighted by Gasteiger charge is 2.28. The van der Waals surface area contributed by atoms with E-state index in [9.17, 15) is 14.9 Å². The largest absolute Gasteiger partial charge is 0.475 e. The minimum absolute atomic E-state index is 0.0395. The van der Waals surface area contributed by atoms with Crippen molar-refractivity contribution in [3.63, 3.8) is 0 Å². The molecule has 1 aliphatic heterocycles. The fourth-order valence-corrected chi connectivity index (χ4v) is 3.09. The van der Waals surface area contributed by atoms with E-state index in [0.29, 0.717) is 13.1 Å². The predicted molar refractivity (Wildman–Crippen MR) is 93.9 cm³/mol. The van der Waals surface area contributed by atoms with Gasteiger partial charge in [-0.2, -0.15) is 0 Å². The quantitative estimate of drug-likeness (QED) is 0.412. The van der Waals surface area contributed by atoms with Gasteiger partial charge in [0.25, 0.3) is 0 Å². The van der Waals surface area contributed by atoms with Crippen LogP contribution in [0.4, 0.5) is 5.69 Å². The van der Waals surface area contributed by atoms with E-state index in [0.717, 1.165) is 24.9 Å². The first-order valence-electron chi connectivity index (χ1n) is 8.42. The van der Waals surface area contributed by atoms with Crippen LogP contribution in [0.15, 0.2) is 18.2 Å². The first kappa shape index (κ1) is 20.1. The van der Waals surface area contributed by atoms with Crippen LogP contribution >= 0.6 is 0 Å². The van der Waals surface area contributed by atoms with Gasteiger partial charge in [0.2, 0.25) is 0 Å². The highest BCUT2D eigenvalue weighted by atomic mass is 16.6. The minimum Gasteiger partial charge on any atom is -0.475 e. The number of piperidine rings is 1. The van der Waals surface area contributed by atoms with Crippen molar-refractivity contribution in [1.82, 2.24) is 4.90 Å². The molecule has 0 saturated carbocycles. The Morgan fingerprint density at radius 1 is 1.42 bits per heavy atom. The van der Waals surface area contributed by atoms with E-state index < -0.39 is 10.9 Å². The number of hydrogen-bond donors (Lipinski definition) is 1. The molecule has 0 bridgehead atoms. The number of nitro benzene ring substituents is 1. The van der Waals surface area contributed by atoms with Crippen LogP contribution in [0.3, 0.4) is 0 Å². The number of ether oxygens (including phenoxy) is 3. The van der Waals surface area contributed by atoms with Gasteiger partial charge >= 0.3 is 11.7 Å². The second-order valence-corrected chi connectivity index (χ2v) is 6.17. The number of esters is 1. The van der Waals surface area contributed by atoms with Crippen LogP contribution < -0.4 is 10.5 Å². The lowest BCUT2D eigenvalue weighted by Crippen LogP contribution is -2.47. The van der Waals surface area contributed by atoms with Crippen LogP contribution in [0.1, 0.15) is 18.4 Å². The van der Waals surface area contributed by atoms with Gasteiger partial charge in [-0.15, -0.1) is 0 Å². The van der Waals surface area contributed by atoms with E-state index >= 15 is 0 Å². The van der Waals surface area contributed by atoms with Crippen LogP contribution in [-0.4, -0.2) is 61.9 Å². The molecule has 2 unspecified atom stereocenters. The minimum atomic E-state index is -0.602. The summed E-state index contributed by atoms with van der Waals surface area (Å²) in [6, 6.07) is 4.91. The van der Waals surface area contributed by atoms with Crippen molar-refractivity contribution >= 4 is 11.7 Å². The van der Waals surface area contributed by atoms with Crippen molar-refractivity contribution in [3.05, 3.63) is 33.9 Å². The molecule has 26 heavy (non-hydrogen) atoms. The van der Waals surface area contributed by atoms with Crippen molar-refractivity contribution in [2.45, 2.75) is 31.5 Å². The zero-order valence-corrected chi connectivity index (χ0v) is 15.1. The highest BCUT2D eigenvalue weighted by Crippen LogP contribution is 2.29. The van der Waals surface area contributed by atoms with Crippen molar-refractivity contribution in [2.24, 2.45) is 5.73 Å². The van der Waals surface area contributed by atoms with E-state index in [1.165, 1.54) is 19.2 Å². The highest BCUT2D eigenvalue weighted by molar-refractivity contribution is 5.71. The number of nitrogens with two attached hydrogens (primary N) is 1. The molecule has 0 amide bonds. The molecule has 1 aliphatic rings. The molecule has 2 N–H and O–H groups in total. The second-order valence-electron chi connectivity index (χ2n) is 6.17. The number of carbonyl (C=O) groups excluding carboxylic acids is 1. The average Bonchev–Trinajstić information content (AvgIpc) is 2.66. The van der Waals surface area contributed by atoms with Gasteiger partial charge in [-0.3, -0.25) is 15.0 Å². The first-order valence-corrected chi connectivity index (χ1v) is 8.42. The van der Waals surface area contributed by atoms with Gasteiger partial charge in [0.1, 0.15) is 0 Å². The topological polar surface area (TPSA) is 117 Å². The summed E-state index contributed by atoms with van der Waals surface area (Å²) in [6.07, 6.45) is 1.94. The number of methoxy groups -OCH3 is 2. The Morgan fingerprint density at radius 2 is 2.19 bits per heavy atom. The van der Waals surface area contributed by atoms with Gasteiger partial charge in [-0.25, -0.2) is 4.79 Å². The number of nitrogens with zero attached hydrogens (tertiary/aromatic N) is 2. The molecule has 144 valence electrons. The summed E-state index contributed by atoms with van der Waals surface area (Å²) in [4.78, 5) is 24.2. The summed E-state index contributed by atoms with van der Waals surface area (Å²) in [7, 11) is 2.92. The number of nitro groups is 1. The van der Waals surface area contributed by atoms with Crippen molar-refractivity contribution in [3.8, 4) is 5.75 Å². The van der Waals surface area contributed by atoms with Gasteiger partial charge in [0.05, 0.1) is 18.1 Å². The SMILES string of the molecule is COC(=O)COc1ccc(CN2CCC(OC)CC2CN)cc1[N+](=O)[O-]. The van der Waals surface area contributed by atoms with Crippen LogP contribution in [0.5, 0.6) is 5.75 Å². The lowest BCUT2D eigenvalue weighted by atomic mass is 9.98. The van der Waals surface area contributed by atoms with Gasteiger partial charge in [0.15, 0.2) is 12.4 Å². The molecule has 1 fully saturated rings. The number of benzene rings is 1. The lowest BCUT2D eigenvalue weighted by Gasteiger charge is -2.38. The van der Waals surface area contributed by atoms with E-state index in [2.05, 4.69) is 9.64 Å². The lowest BCUT2D eigenvalue weighted by molar-refractivity contribution is -0.385. The fourth-order valence-electron chi connectivity index (χ4n) is 3.09. The molecular formula is C17H25N3O6. The van der Waals surface area contributed by atoms with Gasteiger partial charge < -0.3 is 19.9 Å². The molecule has 1 aromatic rings. The molecule has 1 aromatic carbocycles. The maximum atomic E-state index is 11.3. The van der Waals surface area contributed by atoms with Crippen LogP contribution in [0.25, 0.3) is 0 Å².